The van der Waals surface area contributed by atoms with Gasteiger partial charge in [-0.15, -0.1) is 0 Å². The second kappa shape index (κ2) is 2.47. The lowest BCUT2D eigenvalue weighted by atomic mass is 9.82. The zero-order valence-electron chi connectivity index (χ0n) is 7.16. The van der Waals surface area contributed by atoms with Gasteiger partial charge in [0.15, 0.2) is 0 Å². The van der Waals surface area contributed by atoms with Gasteiger partial charge in [-0.05, 0) is 19.9 Å². The van der Waals surface area contributed by atoms with E-state index >= 15 is 0 Å². The van der Waals surface area contributed by atoms with Crippen LogP contribution in [0.25, 0.3) is 0 Å². The zero-order valence-corrected chi connectivity index (χ0v) is 7.16. The second-order valence-electron chi connectivity index (χ2n) is 3.18. The normalized spacial score (nSPS) is 42.9. The van der Waals surface area contributed by atoms with Gasteiger partial charge in [0.2, 0.25) is 0 Å². The Morgan fingerprint density at radius 2 is 1.73 bits per heavy atom. The Morgan fingerprint density at radius 3 is 2.09 bits per heavy atom. The van der Waals surface area contributed by atoms with Crippen molar-refractivity contribution in [3.05, 3.63) is 24.3 Å². The van der Waals surface area contributed by atoms with Crippen LogP contribution in [0.1, 0.15) is 13.8 Å². The van der Waals surface area contributed by atoms with Crippen molar-refractivity contribution in [1.29, 1.82) is 0 Å². The van der Waals surface area contributed by atoms with Crippen LogP contribution in [0.15, 0.2) is 24.3 Å². The summed E-state index contributed by atoms with van der Waals surface area (Å²) in [4.78, 5) is 0. The summed E-state index contributed by atoms with van der Waals surface area (Å²) < 4.78 is 5.21. The first-order valence-corrected chi connectivity index (χ1v) is 3.66. The average Bonchev–Trinajstić information content (AvgIpc) is 1.95. The molecular formula is C9H14O2. The molecule has 0 aliphatic heterocycles. The predicted octanol–water partition coefficient (Wildman–Crippen LogP) is 1.27. The van der Waals surface area contributed by atoms with Crippen LogP contribution in [0.2, 0.25) is 0 Å². The number of methoxy groups -OCH3 is 1. The number of hydrogen-bond acceptors (Lipinski definition) is 2. The monoisotopic (exact) mass is 154 g/mol. The third-order valence-corrected chi connectivity index (χ3v) is 2.38. The van der Waals surface area contributed by atoms with E-state index in [1.54, 1.807) is 20.1 Å². The Morgan fingerprint density at radius 1 is 1.18 bits per heavy atom. The van der Waals surface area contributed by atoms with Crippen molar-refractivity contribution in [1.82, 2.24) is 0 Å². The van der Waals surface area contributed by atoms with Gasteiger partial charge < -0.3 is 9.84 Å². The van der Waals surface area contributed by atoms with Crippen LogP contribution in [0.3, 0.4) is 0 Å². The Hall–Kier alpha value is -0.600. The maximum Gasteiger partial charge on any atom is 0.115 e. The quantitative estimate of drug-likeness (QED) is 0.616. The Balaban J connectivity index is 2.97. The molecule has 2 unspecified atom stereocenters. The van der Waals surface area contributed by atoms with Crippen LogP contribution in [-0.2, 0) is 4.74 Å². The summed E-state index contributed by atoms with van der Waals surface area (Å²) in [6.07, 6.45) is 7.28. The maximum absolute atomic E-state index is 9.83. The lowest BCUT2D eigenvalue weighted by Crippen LogP contribution is -2.49. The number of rotatable bonds is 1. The van der Waals surface area contributed by atoms with Gasteiger partial charge in [0.05, 0.1) is 0 Å². The van der Waals surface area contributed by atoms with Crippen LogP contribution in [0, 0.1) is 0 Å². The van der Waals surface area contributed by atoms with E-state index in [0.717, 1.165) is 0 Å². The number of hydrogen-bond donors (Lipinski definition) is 1. The third kappa shape index (κ3) is 1.24. The molecule has 1 aliphatic carbocycles. The molecule has 0 spiro atoms. The lowest BCUT2D eigenvalue weighted by molar-refractivity contribution is -0.0943. The van der Waals surface area contributed by atoms with Crippen LogP contribution in [0.5, 0.6) is 0 Å². The smallest absolute Gasteiger partial charge is 0.115 e. The van der Waals surface area contributed by atoms with Crippen molar-refractivity contribution in [2.24, 2.45) is 0 Å². The highest BCUT2D eigenvalue weighted by molar-refractivity contribution is 5.27. The molecule has 0 heterocycles. The highest BCUT2D eigenvalue weighted by Crippen LogP contribution is 2.30. The van der Waals surface area contributed by atoms with Crippen molar-refractivity contribution in [2.45, 2.75) is 25.0 Å². The van der Waals surface area contributed by atoms with E-state index < -0.39 is 11.2 Å². The fourth-order valence-electron chi connectivity index (χ4n) is 1.09. The molecule has 0 bridgehead atoms. The first-order chi connectivity index (χ1) is 5.02. The zero-order chi connectivity index (χ0) is 8.54. The molecule has 0 aromatic heterocycles. The molecule has 1 rings (SSSR count). The van der Waals surface area contributed by atoms with Crippen LogP contribution >= 0.6 is 0 Å². The molecule has 1 aliphatic rings. The summed E-state index contributed by atoms with van der Waals surface area (Å²) in [5, 5.41) is 9.83. The fraction of sp³-hybridized carbons (Fsp3) is 0.556. The van der Waals surface area contributed by atoms with Crippen molar-refractivity contribution in [3.63, 3.8) is 0 Å². The lowest BCUT2D eigenvalue weighted by Gasteiger charge is -2.38. The fourth-order valence-corrected chi connectivity index (χ4v) is 1.09. The molecule has 1 N–H and O–H groups in total. The number of allylic oxidation sites excluding steroid dienone is 2. The Labute approximate surface area is 67.2 Å². The third-order valence-electron chi connectivity index (χ3n) is 2.38. The van der Waals surface area contributed by atoms with Gasteiger partial charge in [-0.1, -0.05) is 18.2 Å². The van der Waals surface area contributed by atoms with Gasteiger partial charge in [0.1, 0.15) is 11.2 Å². The molecule has 0 radical (unpaired) electrons. The summed E-state index contributed by atoms with van der Waals surface area (Å²) >= 11 is 0. The molecule has 2 heteroatoms. The van der Waals surface area contributed by atoms with E-state index in [4.69, 9.17) is 4.74 Å². The minimum atomic E-state index is -0.906. The topological polar surface area (TPSA) is 29.5 Å². The van der Waals surface area contributed by atoms with E-state index in [0.29, 0.717) is 0 Å². The maximum atomic E-state index is 9.83. The van der Waals surface area contributed by atoms with Crippen molar-refractivity contribution in [3.8, 4) is 0 Å². The van der Waals surface area contributed by atoms with E-state index in [-0.39, 0.29) is 0 Å². The molecule has 0 fully saturated rings. The number of aliphatic hydroxyl groups is 1. The summed E-state index contributed by atoms with van der Waals surface area (Å²) in [6, 6.07) is 0. The molecule has 2 atom stereocenters. The first kappa shape index (κ1) is 8.50. The van der Waals surface area contributed by atoms with Crippen LogP contribution in [0.4, 0.5) is 0 Å². The minimum Gasteiger partial charge on any atom is -0.383 e. The summed E-state index contributed by atoms with van der Waals surface area (Å²) in [5.41, 5.74) is -1.50. The van der Waals surface area contributed by atoms with Crippen molar-refractivity contribution >= 4 is 0 Å². The molecule has 0 aromatic rings. The predicted molar refractivity (Wildman–Crippen MR) is 44.3 cm³/mol. The molecule has 0 amide bonds. The molecule has 2 nitrogen and oxygen atoms in total. The summed E-state index contributed by atoms with van der Waals surface area (Å²) in [6.45, 7) is 3.59. The molecular weight excluding hydrogens is 140 g/mol. The van der Waals surface area contributed by atoms with Gasteiger partial charge in [0, 0.05) is 7.11 Å². The minimum absolute atomic E-state index is 0.595. The summed E-state index contributed by atoms with van der Waals surface area (Å²) in [5.74, 6) is 0. The highest BCUT2D eigenvalue weighted by atomic mass is 16.5. The van der Waals surface area contributed by atoms with Crippen molar-refractivity contribution in [2.75, 3.05) is 7.11 Å². The molecule has 62 valence electrons. The number of ether oxygens (including phenoxy) is 1. The van der Waals surface area contributed by atoms with Crippen LogP contribution in [-0.4, -0.2) is 23.4 Å². The second-order valence-corrected chi connectivity index (χ2v) is 3.18. The van der Waals surface area contributed by atoms with E-state index in [9.17, 15) is 5.11 Å². The van der Waals surface area contributed by atoms with Gasteiger partial charge in [-0.3, -0.25) is 0 Å². The average molecular weight is 154 g/mol. The summed E-state index contributed by atoms with van der Waals surface area (Å²) in [7, 11) is 1.60. The van der Waals surface area contributed by atoms with Gasteiger partial charge in [-0.25, -0.2) is 0 Å². The van der Waals surface area contributed by atoms with E-state index in [1.165, 1.54) is 0 Å². The highest BCUT2D eigenvalue weighted by Gasteiger charge is 2.40. The van der Waals surface area contributed by atoms with Crippen molar-refractivity contribution < 1.29 is 9.84 Å². The van der Waals surface area contributed by atoms with Gasteiger partial charge >= 0.3 is 0 Å². The molecule has 0 saturated carbocycles. The Bertz CT molecular complexity index is 204. The SMILES string of the molecule is COC1(C)C=CC=CC1(C)O. The van der Waals surface area contributed by atoms with Gasteiger partial charge in [0.25, 0.3) is 0 Å². The first-order valence-electron chi connectivity index (χ1n) is 3.66. The molecule has 0 aromatic carbocycles. The largest absolute Gasteiger partial charge is 0.383 e. The van der Waals surface area contributed by atoms with Crippen LogP contribution < -0.4 is 0 Å². The molecule has 11 heavy (non-hydrogen) atoms. The standard InChI is InChI=1S/C9H14O2/c1-8(10)6-4-5-7-9(8,2)11-3/h4-7,10H,1-3H3. The molecule has 0 saturated heterocycles. The van der Waals surface area contributed by atoms with Gasteiger partial charge in [-0.2, -0.15) is 0 Å². The Kier molecular flexibility index (Phi) is 1.90. The van der Waals surface area contributed by atoms with E-state index in [1.807, 2.05) is 25.2 Å². The van der Waals surface area contributed by atoms with E-state index in [2.05, 4.69) is 0 Å².